The van der Waals surface area contributed by atoms with Crippen molar-refractivity contribution in [2.24, 2.45) is 7.05 Å². The summed E-state index contributed by atoms with van der Waals surface area (Å²) in [6, 6.07) is 4.22. The molecule has 0 spiro atoms. The molecule has 22 heavy (non-hydrogen) atoms. The van der Waals surface area contributed by atoms with Crippen molar-refractivity contribution in [3.05, 3.63) is 36.4 Å². The second-order valence-corrected chi connectivity index (χ2v) is 5.63. The number of hydrogen-bond donors (Lipinski definition) is 2. The summed E-state index contributed by atoms with van der Waals surface area (Å²) in [5.41, 5.74) is 0. The van der Waals surface area contributed by atoms with Gasteiger partial charge in [-0.15, -0.1) is 0 Å². The number of carbonyl (C=O) groups is 2. The van der Waals surface area contributed by atoms with Crippen LogP contribution < -0.4 is 10.6 Å². The van der Waals surface area contributed by atoms with E-state index in [1.54, 1.807) is 47.9 Å². The lowest BCUT2D eigenvalue weighted by atomic mass is 10.2. The molecule has 0 aromatic carbocycles. The minimum Gasteiger partial charge on any atom is -0.459 e. The Hall–Kier alpha value is -2.22. The molecule has 0 saturated heterocycles. The third-order valence-electron chi connectivity index (χ3n) is 2.94. The Morgan fingerprint density at radius 1 is 1.45 bits per heavy atom. The molecule has 2 heterocycles. The van der Waals surface area contributed by atoms with Gasteiger partial charge >= 0.3 is 0 Å². The zero-order valence-corrected chi connectivity index (χ0v) is 13.2. The van der Waals surface area contributed by atoms with Crippen LogP contribution in [0.2, 0.25) is 0 Å². The minimum absolute atomic E-state index is 0.180. The summed E-state index contributed by atoms with van der Waals surface area (Å²) in [6.07, 6.45) is 5.61. The van der Waals surface area contributed by atoms with Crippen LogP contribution in [-0.2, 0) is 11.8 Å². The third kappa shape index (κ3) is 4.39. The highest BCUT2D eigenvalue weighted by molar-refractivity contribution is 7.98. The standard InChI is InChI=1S/C14H18N4O3S/c1-18-7-5-12(17-18)16-13(19)10(6-9-22-2)15-14(20)11-4-3-8-21-11/h3-5,7-8,10H,6,9H2,1-2H3,(H,15,20)(H,16,17,19). The highest BCUT2D eigenvalue weighted by atomic mass is 32.2. The molecular weight excluding hydrogens is 304 g/mol. The average molecular weight is 322 g/mol. The predicted octanol–water partition coefficient (Wildman–Crippen LogP) is 1.50. The number of furan rings is 1. The molecule has 118 valence electrons. The van der Waals surface area contributed by atoms with Crippen LogP contribution in [0.1, 0.15) is 17.0 Å². The first-order valence-electron chi connectivity index (χ1n) is 6.74. The molecule has 1 atom stereocenters. The summed E-state index contributed by atoms with van der Waals surface area (Å²) in [5, 5.41) is 9.48. The van der Waals surface area contributed by atoms with E-state index in [0.29, 0.717) is 12.2 Å². The maximum atomic E-state index is 12.3. The van der Waals surface area contributed by atoms with Gasteiger partial charge in [-0.3, -0.25) is 14.3 Å². The fraction of sp³-hybridized carbons (Fsp3) is 0.357. The van der Waals surface area contributed by atoms with Crippen molar-refractivity contribution in [2.75, 3.05) is 17.3 Å². The maximum absolute atomic E-state index is 12.3. The van der Waals surface area contributed by atoms with Crippen molar-refractivity contribution in [3.63, 3.8) is 0 Å². The number of aromatic nitrogens is 2. The van der Waals surface area contributed by atoms with Crippen molar-refractivity contribution in [3.8, 4) is 0 Å². The van der Waals surface area contributed by atoms with Crippen molar-refractivity contribution in [2.45, 2.75) is 12.5 Å². The smallest absolute Gasteiger partial charge is 0.287 e. The highest BCUT2D eigenvalue weighted by Gasteiger charge is 2.22. The molecule has 0 aliphatic carbocycles. The van der Waals surface area contributed by atoms with E-state index in [0.717, 1.165) is 5.75 Å². The maximum Gasteiger partial charge on any atom is 0.287 e. The van der Waals surface area contributed by atoms with Crippen LogP contribution in [0.25, 0.3) is 0 Å². The van der Waals surface area contributed by atoms with Crippen LogP contribution in [0.4, 0.5) is 5.82 Å². The topological polar surface area (TPSA) is 89.2 Å². The number of nitrogens with zero attached hydrogens (tertiary/aromatic N) is 2. The van der Waals surface area contributed by atoms with Gasteiger partial charge in [0.1, 0.15) is 6.04 Å². The Morgan fingerprint density at radius 2 is 2.27 bits per heavy atom. The van der Waals surface area contributed by atoms with E-state index in [2.05, 4.69) is 15.7 Å². The van der Waals surface area contributed by atoms with Crippen molar-refractivity contribution in [1.82, 2.24) is 15.1 Å². The predicted molar refractivity (Wildman–Crippen MR) is 84.8 cm³/mol. The average Bonchev–Trinajstić information content (AvgIpc) is 3.15. The van der Waals surface area contributed by atoms with Crippen LogP contribution in [0.5, 0.6) is 0 Å². The largest absolute Gasteiger partial charge is 0.459 e. The first kappa shape index (κ1) is 16.2. The lowest BCUT2D eigenvalue weighted by Gasteiger charge is -2.16. The molecule has 0 fully saturated rings. The van der Waals surface area contributed by atoms with Crippen LogP contribution in [0.3, 0.4) is 0 Å². The summed E-state index contributed by atoms with van der Waals surface area (Å²) in [5.74, 6) is 0.673. The summed E-state index contributed by atoms with van der Waals surface area (Å²) in [4.78, 5) is 24.3. The molecule has 2 aromatic heterocycles. The molecule has 2 N–H and O–H groups in total. The minimum atomic E-state index is -0.646. The Kier molecular flexibility index (Phi) is 5.65. The van der Waals surface area contributed by atoms with Crippen LogP contribution in [0, 0.1) is 0 Å². The molecule has 2 aromatic rings. The Labute approximate surface area is 132 Å². The van der Waals surface area contributed by atoms with Crippen LogP contribution >= 0.6 is 11.8 Å². The lowest BCUT2D eigenvalue weighted by Crippen LogP contribution is -2.44. The number of amides is 2. The normalized spacial score (nSPS) is 11.9. The molecule has 0 radical (unpaired) electrons. The zero-order chi connectivity index (χ0) is 15.9. The molecule has 2 rings (SSSR count). The first-order valence-corrected chi connectivity index (χ1v) is 8.13. The van der Waals surface area contributed by atoms with Gasteiger partial charge in [-0.1, -0.05) is 0 Å². The molecule has 0 saturated carbocycles. The lowest BCUT2D eigenvalue weighted by molar-refractivity contribution is -0.118. The van der Waals surface area contributed by atoms with Crippen LogP contribution in [0.15, 0.2) is 35.1 Å². The fourth-order valence-electron chi connectivity index (χ4n) is 1.84. The molecular formula is C14H18N4O3S. The number of hydrogen-bond acceptors (Lipinski definition) is 5. The van der Waals surface area contributed by atoms with E-state index < -0.39 is 11.9 Å². The fourth-order valence-corrected chi connectivity index (χ4v) is 2.31. The van der Waals surface area contributed by atoms with Gasteiger partial charge < -0.3 is 15.1 Å². The van der Waals surface area contributed by atoms with E-state index in [4.69, 9.17) is 4.42 Å². The Morgan fingerprint density at radius 3 is 2.86 bits per heavy atom. The molecule has 0 bridgehead atoms. The number of carbonyl (C=O) groups excluding carboxylic acids is 2. The highest BCUT2D eigenvalue weighted by Crippen LogP contribution is 2.08. The Balaban J connectivity index is 2.01. The molecule has 8 heteroatoms. The summed E-state index contributed by atoms with van der Waals surface area (Å²) in [6.45, 7) is 0. The number of aryl methyl sites for hydroxylation is 1. The van der Waals surface area contributed by atoms with Gasteiger partial charge in [0.2, 0.25) is 5.91 Å². The molecule has 2 amide bonds. The monoisotopic (exact) mass is 322 g/mol. The van der Waals surface area contributed by atoms with Gasteiger partial charge in [-0.05, 0) is 30.6 Å². The van der Waals surface area contributed by atoms with Crippen LogP contribution in [-0.4, -0.2) is 39.6 Å². The zero-order valence-electron chi connectivity index (χ0n) is 12.4. The molecule has 7 nitrogen and oxygen atoms in total. The van der Waals surface area contributed by atoms with Gasteiger partial charge in [0.15, 0.2) is 11.6 Å². The summed E-state index contributed by atoms with van der Waals surface area (Å²) in [7, 11) is 1.76. The molecule has 0 aliphatic rings. The SMILES string of the molecule is CSCCC(NC(=O)c1ccco1)C(=O)Nc1ccn(C)n1. The number of anilines is 1. The number of thioether (sulfide) groups is 1. The van der Waals surface area contributed by atoms with E-state index >= 15 is 0 Å². The van der Waals surface area contributed by atoms with Crippen molar-refractivity contribution in [1.29, 1.82) is 0 Å². The van der Waals surface area contributed by atoms with Gasteiger partial charge in [-0.2, -0.15) is 16.9 Å². The van der Waals surface area contributed by atoms with E-state index in [1.807, 2.05) is 6.26 Å². The van der Waals surface area contributed by atoms with E-state index in [9.17, 15) is 9.59 Å². The van der Waals surface area contributed by atoms with Gasteiger partial charge in [0.25, 0.3) is 5.91 Å². The molecule has 0 aliphatic heterocycles. The van der Waals surface area contributed by atoms with Gasteiger partial charge in [0.05, 0.1) is 6.26 Å². The number of rotatable bonds is 7. The second kappa shape index (κ2) is 7.69. The van der Waals surface area contributed by atoms with Crippen molar-refractivity contribution < 1.29 is 14.0 Å². The second-order valence-electron chi connectivity index (χ2n) is 4.65. The van der Waals surface area contributed by atoms with Crippen molar-refractivity contribution >= 4 is 29.4 Å². The summed E-state index contributed by atoms with van der Waals surface area (Å²) >= 11 is 1.61. The third-order valence-corrected chi connectivity index (χ3v) is 3.59. The van der Waals surface area contributed by atoms with E-state index in [1.165, 1.54) is 6.26 Å². The van der Waals surface area contributed by atoms with Gasteiger partial charge in [-0.25, -0.2) is 0 Å². The first-order chi connectivity index (χ1) is 10.6. The Bertz CT molecular complexity index is 624. The molecule has 1 unspecified atom stereocenters. The summed E-state index contributed by atoms with van der Waals surface area (Å²) < 4.78 is 6.63. The quantitative estimate of drug-likeness (QED) is 0.806. The van der Waals surface area contributed by atoms with E-state index in [-0.39, 0.29) is 11.7 Å². The number of nitrogens with one attached hydrogen (secondary N) is 2. The van der Waals surface area contributed by atoms with Gasteiger partial charge in [0, 0.05) is 19.3 Å².